The number of aromatic nitrogens is 1. The number of fused-ring (bicyclic) bond motifs is 1. The number of pyridine rings is 1. The molecule has 0 amide bonds. The molecular weight excluding hydrogens is 254 g/mol. The van der Waals surface area contributed by atoms with E-state index in [1.807, 2.05) is 38.1 Å². The van der Waals surface area contributed by atoms with Crippen molar-refractivity contribution < 1.29 is 14.6 Å². The number of rotatable bonds is 4. The molecule has 0 saturated heterocycles. The summed E-state index contributed by atoms with van der Waals surface area (Å²) >= 11 is 0. The minimum Gasteiger partial charge on any atom is -0.481 e. The maximum atomic E-state index is 11.3. The number of aliphatic carboxylic acids is 1. The third kappa shape index (κ3) is 2.46. The molecular formula is C16H19NO3. The SMILES string of the molecule is CCOc1nc2ccc(C(C)(C)C(=O)O)cc2cc1C. The molecule has 106 valence electrons. The van der Waals surface area contributed by atoms with Crippen LogP contribution in [0.2, 0.25) is 0 Å². The van der Waals surface area contributed by atoms with E-state index >= 15 is 0 Å². The Morgan fingerprint density at radius 2 is 2.05 bits per heavy atom. The van der Waals surface area contributed by atoms with Crippen molar-refractivity contribution in [2.24, 2.45) is 0 Å². The Kier molecular flexibility index (Phi) is 3.66. The molecule has 0 spiro atoms. The Bertz CT molecular complexity index is 662. The van der Waals surface area contributed by atoms with Gasteiger partial charge in [-0.2, -0.15) is 0 Å². The molecule has 0 aliphatic rings. The molecule has 0 atom stereocenters. The Morgan fingerprint density at radius 1 is 1.35 bits per heavy atom. The predicted molar refractivity (Wildman–Crippen MR) is 78.3 cm³/mol. The molecule has 0 saturated carbocycles. The van der Waals surface area contributed by atoms with E-state index in [9.17, 15) is 9.90 Å². The molecule has 20 heavy (non-hydrogen) atoms. The van der Waals surface area contributed by atoms with E-state index in [2.05, 4.69) is 4.98 Å². The van der Waals surface area contributed by atoms with Gasteiger partial charge in [0.1, 0.15) is 0 Å². The van der Waals surface area contributed by atoms with Crippen molar-refractivity contribution >= 4 is 16.9 Å². The van der Waals surface area contributed by atoms with Crippen LogP contribution in [0.5, 0.6) is 5.88 Å². The van der Waals surface area contributed by atoms with Gasteiger partial charge < -0.3 is 9.84 Å². The number of hydrogen-bond donors (Lipinski definition) is 1. The minimum absolute atomic E-state index is 0.573. The molecule has 1 aromatic heterocycles. The Morgan fingerprint density at radius 3 is 2.65 bits per heavy atom. The number of hydrogen-bond acceptors (Lipinski definition) is 3. The van der Waals surface area contributed by atoms with Gasteiger partial charge in [-0.15, -0.1) is 0 Å². The van der Waals surface area contributed by atoms with Crippen LogP contribution >= 0.6 is 0 Å². The fourth-order valence-electron chi connectivity index (χ4n) is 2.06. The second-order valence-electron chi connectivity index (χ2n) is 5.38. The van der Waals surface area contributed by atoms with E-state index in [1.54, 1.807) is 13.8 Å². The maximum absolute atomic E-state index is 11.3. The number of carbonyl (C=O) groups is 1. The largest absolute Gasteiger partial charge is 0.481 e. The second-order valence-corrected chi connectivity index (χ2v) is 5.38. The molecule has 2 rings (SSSR count). The monoisotopic (exact) mass is 273 g/mol. The normalized spacial score (nSPS) is 11.6. The molecule has 0 aliphatic heterocycles. The highest BCUT2D eigenvalue weighted by Crippen LogP contribution is 2.28. The van der Waals surface area contributed by atoms with E-state index < -0.39 is 11.4 Å². The van der Waals surface area contributed by atoms with Crippen molar-refractivity contribution in [1.29, 1.82) is 0 Å². The summed E-state index contributed by atoms with van der Waals surface area (Å²) in [4.78, 5) is 15.8. The van der Waals surface area contributed by atoms with Crippen molar-refractivity contribution in [3.05, 3.63) is 35.4 Å². The zero-order valence-electron chi connectivity index (χ0n) is 12.2. The molecule has 4 heteroatoms. The summed E-state index contributed by atoms with van der Waals surface area (Å²) in [5.74, 6) is -0.210. The van der Waals surface area contributed by atoms with Gasteiger partial charge in [-0.1, -0.05) is 6.07 Å². The van der Waals surface area contributed by atoms with Crippen molar-refractivity contribution in [2.45, 2.75) is 33.1 Å². The summed E-state index contributed by atoms with van der Waals surface area (Å²) in [7, 11) is 0. The lowest BCUT2D eigenvalue weighted by Gasteiger charge is -2.20. The first-order chi connectivity index (χ1) is 9.36. The first kappa shape index (κ1) is 14.3. The molecule has 0 bridgehead atoms. The molecule has 0 unspecified atom stereocenters. The van der Waals surface area contributed by atoms with Gasteiger partial charge in [-0.05, 0) is 51.5 Å². The summed E-state index contributed by atoms with van der Waals surface area (Å²) in [6.45, 7) is 7.83. The number of ether oxygens (including phenoxy) is 1. The van der Waals surface area contributed by atoms with E-state index in [4.69, 9.17) is 4.74 Å². The van der Waals surface area contributed by atoms with Crippen LogP contribution in [-0.4, -0.2) is 22.7 Å². The average molecular weight is 273 g/mol. The van der Waals surface area contributed by atoms with E-state index in [0.717, 1.165) is 22.0 Å². The van der Waals surface area contributed by atoms with E-state index in [1.165, 1.54) is 0 Å². The molecule has 0 aliphatic carbocycles. The van der Waals surface area contributed by atoms with Gasteiger partial charge in [-0.25, -0.2) is 4.98 Å². The van der Waals surface area contributed by atoms with Crippen molar-refractivity contribution in [3.63, 3.8) is 0 Å². The molecule has 0 radical (unpaired) electrons. The lowest BCUT2D eigenvalue weighted by molar-refractivity contribution is -0.142. The molecule has 1 heterocycles. The van der Waals surface area contributed by atoms with E-state index in [0.29, 0.717) is 12.5 Å². The molecule has 2 aromatic rings. The predicted octanol–water partition coefficient (Wildman–Crippen LogP) is 3.30. The average Bonchev–Trinajstić information content (AvgIpc) is 2.39. The van der Waals surface area contributed by atoms with Gasteiger partial charge in [0.05, 0.1) is 17.5 Å². The third-order valence-corrected chi connectivity index (χ3v) is 3.50. The van der Waals surface area contributed by atoms with Crippen LogP contribution in [0.25, 0.3) is 10.9 Å². The summed E-state index contributed by atoms with van der Waals surface area (Å²) in [6.07, 6.45) is 0. The maximum Gasteiger partial charge on any atom is 0.313 e. The second kappa shape index (κ2) is 5.12. The number of benzene rings is 1. The topological polar surface area (TPSA) is 59.4 Å². The number of carboxylic acids is 1. The van der Waals surface area contributed by atoms with Gasteiger partial charge in [-0.3, -0.25) is 4.79 Å². The lowest BCUT2D eigenvalue weighted by atomic mass is 9.84. The zero-order valence-corrected chi connectivity index (χ0v) is 12.2. The Balaban J connectivity index is 2.56. The smallest absolute Gasteiger partial charge is 0.313 e. The highest BCUT2D eigenvalue weighted by atomic mass is 16.5. The summed E-state index contributed by atoms with van der Waals surface area (Å²) < 4.78 is 5.48. The van der Waals surface area contributed by atoms with Gasteiger partial charge in [0.2, 0.25) is 5.88 Å². The van der Waals surface area contributed by atoms with Crippen LogP contribution in [0.15, 0.2) is 24.3 Å². The summed E-state index contributed by atoms with van der Waals surface area (Å²) in [6, 6.07) is 7.53. The first-order valence-electron chi connectivity index (χ1n) is 6.64. The summed E-state index contributed by atoms with van der Waals surface area (Å²) in [5.41, 5.74) is 1.61. The molecule has 1 N–H and O–H groups in total. The quantitative estimate of drug-likeness (QED) is 0.928. The number of nitrogens with zero attached hydrogens (tertiary/aromatic N) is 1. The highest BCUT2D eigenvalue weighted by molar-refractivity contribution is 5.85. The highest BCUT2D eigenvalue weighted by Gasteiger charge is 2.29. The zero-order chi connectivity index (χ0) is 14.9. The molecule has 1 aromatic carbocycles. The number of carboxylic acid groups (broad SMARTS) is 1. The third-order valence-electron chi connectivity index (χ3n) is 3.50. The fraction of sp³-hybridized carbons (Fsp3) is 0.375. The minimum atomic E-state index is -0.916. The Labute approximate surface area is 118 Å². The van der Waals surface area contributed by atoms with E-state index in [-0.39, 0.29) is 0 Å². The molecule has 0 fully saturated rings. The van der Waals surface area contributed by atoms with Crippen molar-refractivity contribution in [2.75, 3.05) is 6.61 Å². The first-order valence-corrected chi connectivity index (χ1v) is 6.64. The fourth-order valence-corrected chi connectivity index (χ4v) is 2.06. The molecule has 4 nitrogen and oxygen atoms in total. The van der Waals surface area contributed by atoms with Crippen LogP contribution in [0, 0.1) is 6.92 Å². The van der Waals surface area contributed by atoms with Crippen LogP contribution in [0.4, 0.5) is 0 Å². The summed E-state index contributed by atoms with van der Waals surface area (Å²) in [5, 5.41) is 10.2. The van der Waals surface area contributed by atoms with Crippen molar-refractivity contribution in [3.8, 4) is 5.88 Å². The standard InChI is InChI=1S/C16H19NO3/c1-5-20-14-10(2)8-11-9-12(6-7-13(11)17-14)16(3,4)15(18)19/h6-9H,5H2,1-4H3,(H,18,19). The van der Waals surface area contributed by atoms with Crippen LogP contribution in [0.3, 0.4) is 0 Å². The van der Waals surface area contributed by atoms with Gasteiger partial charge >= 0.3 is 5.97 Å². The van der Waals surface area contributed by atoms with Crippen LogP contribution in [-0.2, 0) is 10.2 Å². The van der Waals surface area contributed by atoms with Gasteiger partial charge in [0, 0.05) is 10.9 Å². The van der Waals surface area contributed by atoms with Crippen molar-refractivity contribution in [1.82, 2.24) is 4.98 Å². The van der Waals surface area contributed by atoms with Gasteiger partial charge in [0.15, 0.2) is 0 Å². The van der Waals surface area contributed by atoms with Crippen LogP contribution in [0.1, 0.15) is 31.9 Å². The lowest BCUT2D eigenvalue weighted by Crippen LogP contribution is -2.28. The van der Waals surface area contributed by atoms with Gasteiger partial charge in [0.25, 0.3) is 0 Å². The number of aryl methyl sites for hydroxylation is 1. The Hall–Kier alpha value is -2.10. The van der Waals surface area contributed by atoms with Crippen LogP contribution < -0.4 is 4.74 Å².